The lowest BCUT2D eigenvalue weighted by molar-refractivity contribution is 0.0178. The molecule has 7 nitrogen and oxygen atoms in total. The molecule has 0 aliphatic carbocycles. The highest BCUT2D eigenvalue weighted by Crippen LogP contribution is 2.30. The molecule has 2 aliphatic rings. The molecule has 0 spiro atoms. The minimum Gasteiger partial charge on any atom is -0.497 e. The number of nitrogens with one attached hydrogen (secondary N) is 1. The van der Waals surface area contributed by atoms with Gasteiger partial charge in [0.15, 0.2) is 5.76 Å². The van der Waals surface area contributed by atoms with Crippen molar-refractivity contribution in [1.29, 1.82) is 0 Å². The highest BCUT2D eigenvalue weighted by molar-refractivity contribution is 5.99. The van der Waals surface area contributed by atoms with Gasteiger partial charge in [0.25, 0.3) is 5.91 Å². The summed E-state index contributed by atoms with van der Waals surface area (Å²) in [5, 5.41) is 13.5. The van der Waals surface area contributed by atoms with Crippen molar-refractivity contribution in [3.05, 3.63) is 29.5 Å². The molecule has 2 aliphatic heterocycles. The zero-order valence-electron chi connectivity index (χ0n) is 13.4. The van der Waals surface area contributed by atoms with Gasteiger partial charge in [0.2, 0.25) is 0 Å². The van der Waals surface area contributed by atoms with E-state index in [9.17, 15) is 9.90 Å². The fourth-order valence-electron chi connectivity index (χ4n) is 3.39. The molecular formula is C17H19NO6. The van der Waals surface area contributed by atoms with Gasteiger partial charge in [0.1, 0.15) is 29.6 Å². The maximum Gasteiger partial charge on any atom is 0.287 e. The molecule has 2 aromatic rings. The molecule has 2 saturated heterocycles. The van der Waals surface area contributed by atoms with Gasteiger partial charge in [-0.3, -0.25) is 4.79 Å². The number of hydrogen-bond acceptors (Lipinski definition) is 6. The van der Waals surface area contributed by atoms with Crippen LogP contribution >= 0.6 is 0 Å². The van der Waals surface area contributed by atoms with Crippen LogP contribution < -0.4 is 10.1 Å². The summed E-state index contributed by atoms with van der Waals surface area (Å²) in [6.45, 7) is 2.38. The van der Waals surface area contributed by atoms with Crippen LogP contribution in [0.15, 0.2) is 22.6 Å². The predicted molar refractivity (Wildman–Crippen MR) is 84.2 cm³/mol. The number of aliphatic hydroxyl groups is 1. The maximum atomic E-state index is 12.6. The summed E-state index contributed by atoms with van der Waals surface area (Å²) in [4.78, 5) is 12.6. The minimum atomic E-state index is -0.641. The van der Waals surface area contributed by atoms with E-state index in [1.54, 1.807) is 13.2 Å². The number of carbonyl (C=O) groups is 1. The molecule has 0 saturated carbocycles. The average Bonchev–Trinajstić information content (AvgIpc) is 3.24. The molecule has 128 valence electrons. The van der Waals surface area contributed by atoms with Gasteiger partial charge in [0.05, 0.1) is 26.4 Å². The third kappa shape index (κ3) is 2.36. The molecule has 1 aromatic carbocycles. The van der Waals surface area contributed by atoms with Crippen LogP contribution in [0, 0.1) is 6.92 Å². The Bertz CT molecular complexity index is 785. The van der Waals surface area contributed by atoms with E-state index in [1.807, 2.05) is 19.1 Å². The first kappa shape index (κ1) is 15.4. The Morgan fingerprint density at radius 1 is 1.29 bits per heavy atom. The highest BCUT2D eigenvalue weighted by Gasteiger charge is 2.47. The second-order valence-corrected chi connectivity index (χ2v) is 6.16. The third-order valence-electron chi connectivity index (χ3n) is 4.70. The number of benzene rings is 1. The van der Waals surface area contributed by atoms with Crippen LogP contribution in [0.3, 0.4) is 0 Å². The van der Waals surface area contributed by atoms with Crippen LogP contribution in [0.2, 0.25) is 0 Å². The summed E-state index contributed by atoms with van der Waals surface area (Å²) >= 11 is 0. The second kappa shape index (κ2) is 5.77. The molecule has 1 aromatic heterocycles. The zero-order chi connectivity index (χ0) is 16.8. The topological polar surface area (TPSA) is 90.2 Å². The normalized spacial score (nSPS) is 29.0. The van der Waals surface area contributed by atoms with Crippen LogP contribution in [0.4, 0.5) is 0 Å². The van der Waals surface area contributed by atoms with Crippen molar-refractivity contribution in [1.82, 2.24) is 5.32 Å². The largest absolute Gasteiger partial charge is 0.497 e. The van der Waals surface area contributed by atoms with Crippen molar-refractivity contribution in [3.63, 3.8) is 0 Å². The Morgan fingerprint density at radius 3 is 2.88 bits per heavy atom. The number of aryl methyl sites for hydroxylation is 1. The third-order valence-corrected chi connectivity index (χ3v) is 4.70. The van der Waals surface area contributed by atoms with E-state index in [2.05, 4.69) is 5.32 Å². The Labute approximate surface area is 138 Å². The molecule has 1 amide bonds. The van der Waals surface area contributed by atoms with Gasteiger partial charge in [0, 0.05) is 17.0 Å². The molecule has 2 N–H and O–H groups in total. The van der Waals surface area contributed by atoms with Crippen LogP contribution in [-0.2, 0) is 9.47 Å². The van der Waals surface area contributed by atoms with Crippen molar-refractivity contribution < 1.29 is 28.5 Å². The summed E-state index contributed by atoms with van der Waals surface area (Å²) in [6.07, 6.45) is -1.35. The lowest BCUT2D eigenvalue weighted by Crippen LogP contribution is -2.44. The van der Waals surface area contributed by atoms with Crippen LogP contribution in [0.5, 0.6) is 5.75 Å². The lowest BCUT2D eigenvalue weighted by atomic mass is 10.1. The van der Waals surface area contributed by atoms with Crippen molar-refractivity contribution in [3.8, 4) is 5.75 Å². The van der Waals surface area contributed by atoms with E-state index in [0.717, 1.165) is 10.9 Å². The van der Waals surface area contributed by atoms with Gasteiger partial charge in [-0.15, -0.1) is 0 Å². The molecule has 4 rings (SSSR count). The molecule has 0 bridgehead atoms. The van der Waals surface area contributed by atoms with E-state index >= 15 is 0 Å². The summed E-state index contributed by atoms with van der Waals surface area (Å²) < 4.78 is 21.9. The summed E-state index contributed by atoms with van der Waals surface area (Å²) in [5.74, 6) is 0.616. The fourth-order valence-corrected chi connectivity index (χ4v) is 3.39. The number of ether oxygens (including phenoxy) is 3. The van der Waals surface area contributed by atoms with Crippen molar-refractivity contribution in [2.45, 2.75) is 31.3 Å². The Kier molecular flexibility index (Phi) is 3.71. The molecule has 3 heterocycles. The molecule has 4 atom stereocenters. The van der Waals surface area contributed by atoms with E-state index in [-0.39, 0.29) is 36.5 Å². The van der Waals surface area contributed by atoms with E-state index in [0.29, 0.717) is 17.9 Å². The van der Waals surface area contributed by atoms with E-state index < -0.39 is 6.10 Å². The molecule has 0 unspecified atom stereocenters. The summed E-state index contributed by atoms with van der Waals surface area (Å²) in [6, 6.07) is 5.15. The SMILES string of the molecule is COc1ccc2c(C)c(C(=O)N[C@H]3CO[C@H]4[C@@H]3OC[C@@H]4O)oc2c1. The Balaban J connectivity index is 1.56. The molecule has 7 heteroatoms. The Hall–Kier alpha value is -2.09. The zero-order valence-corrected chi connectivity index (χ0v) is 13.4. The van der Waals surface area contributed by atoms with E-state index in [1.165, 1.54) is 0 Å². The fraction of sp³-hybridized carbons (Fsp3) is 0.471. The summed E-state index contributed by atoms with van der Waals surface area (Å²) in [7, 11) is 1.58. The average molecular weight is 333 g/mol. The van der Waals surface area contributed by atoms with Crippen molar-refractivity contribution in [2.24, 2.45) is 0 Å². The number of carbonyl (C=O) groups excluding carboxylic acids is 1. The van der Waals surface area contributed by atoms with Gasteiger partial charge < -0.3 is 29.1 Å². The number of hydrogen-bond donors (Lipinski definition) is 2. The van der Waals surface area contributed by atoms with Crippen molar-refractivity contribution in [2.75, 3.05) is 20.3 Å². The highest BCUT2D eigenvalue weighted by atomic mass is 16.6. The number of rotatable bonds is 3. The molecule has 2 fully saturated rings. The summed E-state index contributed by atoms with van der Waals surface area (Å²) in [5.41, 5.74) is 1.37. The van der Waals surface area contributed by atoms with Gasteiger partial charge in [-0.2, -0.15) is 0 Å². The quantitative estimate of drug-likeness (QED) is 0.871. The molecule has 0 radical (unpaired) electrons. The maximum absolute atomic E-state index is 12.6. The van der Waals surface area contributed by atoms with Gasteiger partial charge >= 0.3 is 0 Å². The van der Waals surface area contributed by atoms with Crippen LogP contribution in [0.1, 0.15) is 16.1 Å². The minimum absolute atomic E-state index is 0.227. The van der Waals surface area contributed by atoms with Gasteiger partial charge in [-0.05, 0) is 19.1 Å². The lowest BCUT2D eigenvalue weighted by Gasteiger charge is -2.16. The van der Waals surface area contributed by atoms with Gasteiger partial charge in [-0.1, -0.05) is 0 Å². The Morgan fingerprint density at radius 2 is 2.08 bits per heavy atom. The molecular weight excluding hydrogens is 314 g/mol. The number of fused-ring (bicyclic) bond motifs is 2. The second-order valence-electron chi connectivity index (χ2n) is 6.16. The van der Waals surface area contributed by atoms with Crippen LogP contribution in [-0.4, -0.2) is 55.7 Å². The van der Waals surface area contributed by atoms with Gasteiger partial charge in [-0.25, -0.2) is 0 Å². The monoisotopic (exact) mass is 333 g/mol. The number of furan rings is 1. The van der Waals surface area contributed by atoms with E-state index in [4.69, 9.17) is 18.6 Å². The van der Waals surface area contributed by atoms with Crippen molar-refractivity contribution >= 4 is 16.9 Å². The number of methoxy groups -OCH3 is 1. The molecule has 24 heavy (non-hydrogen) atoms. The number of aliphatic hydroxyl groups excluding tert-OH is 1. The predicted octanol–water partition coefficient (Wildman–Crippen LogP) is 1.01. The number of amides is 1. The first-order valence-electron chi connectivity index (χ1n) is 7.87. The standard InChI is InChI=1S/C17H19NO6/c1-8-10-4-3-9(21-2)5-13(10)24-14(8)17(20)18-11-6-22-16-12(19)7-23-15(11)16/h3-5,11-12,15-16,19H,6-7H2,1-2H3,(H,18,20)/t11-,12-,15+,16+/m0/s1. The first-order chi connectivity index (χ1) is 11.6. The van der Waals surface area contributed by atoms with Crippen LogP contribution in [0.25, 0.3) is 11.0 Å². The smallest absolute Gasteiger partial charge is 0.287 e. The first-order valence-corrected chi connectivity index (χ1v) is 7.87.